The molecule has 13 heavy (non-hydrogen) atoms. The Morgan fingerprint density at radius 3 is 2.46 bits per heavy atom. The average molecular weight is 175 g/mol. The molecule has 0 fully saturated rings. The van der Waals surface area contributed by atoms with Crippen molar-refractivity contribution in [1.29, 1.82) is 0 Å². The van der Waals surface area contributed by atoms with Crippen LogP contribution in [0.4, 0.5) is 5.69 Å². The molecule has 0 unspecified atom stereocenters. The lowest BCUT2D eigenvalue weighted by Crippen LogP contribution is -1.96. The topological polar surface area (TPSA) is 50.7 Å². The zero-order valence-corrected chi connectivity index (χ0v) is 7.86. The van der Waals surface area contributed by atoms with E-state index in [-0.39, 0.29) is 0 Å². The lowest BCUT2D eigenvalue weighted by atomic mass is 10.2. The molecule has 0 aliphatic rings. The number of hydrazone groups is 1. The van der Waals surface area contributed by atoms with Crippen molar-refractivity contribution >= 4 is 17.6 Å². The molecule has 0 saturated carbocycles. The molecule has 3 nitrogen and oxygen atoms in total. The van der Waals surface area contributed by atoms with Crippen molar-refractivity contribution in [2.45, 2.75) is 13.8 Å². The number of rotatable bonds is 2. The van der Waals surface area contributed by atoms with E-state index in [1.54, 1.807) is 13.1 Å². The van der Waals surface area contributed by atoms with Crippen molar-refractivity contribution in [3.8, 4) is 0 Å². The molecule has 0 aliphatic carbocycles. The van der Waals surface area contributed by atoms with Gasteiger partial charge in [-0.2, -0.15) is 5.10 Å². The lowest BCUT2D eigenvalue weighted by molar-refractivity contribution is 1.25. The summed E-state index contributed by atoms with van der Waals surface area (Å²) in [6.45, 7) is 3.85. The summed E-state index contributed by atoms with van der Waals surface area (Å²) < 4.78 is 0. The third-order valence-electron chi connectivity index (χ3n) is 1.64. The SMILES string of the molecule is C/C(C=Nc1ccc(C)cc1)=N/N. The number of benzene rings is 1. The molecule has 0 heterocycles. The maximum atomic E-state index is 5.06. The first-order chi connectivity index (χ1) is 6.22. The van der Waals surface area contributed by atoms with Gasteiger partial charge in [-0.25, -0.2) is 0 Å². The summed E-state index contributed by atoms with van der Waals surface area (Å²) in [6, 6.07) is 7.94. The predicted molar refractivity (Wildman–Crippen MR) is 56.6 cm³/mol. The Balaban J connectivity index is 2.75. The van der Waals surface area contributed by atoms with Gasteiger partial charge in [0.1, 0.15) is 0 Å². The second-order valence-corrected chi connectivity index (χ2v) is 2.86. The molecule has 2 N–H and O–H groups in total. The van der Waals surface area contributed by atoms with Gasteiger partial charge < -0.3 is 5.84 Å². The highest BCUT2D eigenvalue weighted by atomic mass is 15.1. The van der Waals surface area contributed by atoms with Crippen LogP contribution in [0.1, 0.15) is 12.5 Å². The highest BCUT2D eigenvalue weighted by Gasteiger charge is 1.87. The Bertz CT molecular complexity index is 323. The van der Waals surface area contributed by atoms with Gasteiger partial charge in [-0.05, 0) is 26.0 Å². The second-order valence-electron chi connectivity index (χ2n) is 2.86. The third kappa shape index (κ3) is 3.07. The van der Waals surface area contributed by atoms with Crippen LogP contribution in [0.2, 0.25) is 0 Å². The molecule has 0 saturated heterocycles. The zero-order chi connectivity index (χ0) is 9.68. The molecule has 0 atom stereocenters. The zero-order valence-electron chi connectivity index (χ0n) is 7.86. The lowest BCUT2D eigenvalue weighted by Gasteiger charge is -1.93. The fourth-order valence-corrected chi connectivity index (χ4v) is 0.832. The van der Waals surface area contributed by atoms with E-state index in [4.69, 9.17) is 5.84 Å². The maximum Gasteiger partial charge on any atom is 0.0752 e. The number of nitrogens with zero attached hydrogens (tertiary/aromatic N) is 2. The summed E-state index contributed by atoms with van der Waals surface area (Å²) in [4.78, 5) is 4.18. The summed E-state index contributed by atoms with van der Waals surface area (Å²) in [6.07, 6.45) is 1.64. The van der Waals surface area contributed by atoms with Crippen LogP contribution in [-0.4, -0.2) is 11.9 Å². The molecular weight excluding hydrogens is 162 g/mol. The minimum atomic E-state index is 0.709. The Hall–Kier alpha value is -1.64. The van der Waals surface area contributed by atoms with Crippen molar-refractivity contribution in [1.82, 2.24) is 0 Å². The minimum absolute atomic E-state index is 0.709. The van der Waals surface area contributed by atoms with Crippen LogP contribution in [0, 0.1) is 6.92 Å². The quantitative estimate of drug-likeness (QED) is 0.417. The summed E-state index contributed by atoms with van der Waals surface area (Å²) in [7, 11) is 0. The highest BCUT2D eigenvalue weighted by molar-refractivity contribution is 6.29. The molecule has 0 spiro atoms. The Kier molecular flexibility index (Phi) is 3.20. The van der Waals surface area contributed by atoms with Crippen LogP contribution < -0.4 is 5.84 Å². The molecule has 68 valence electrons. The van der Waals surface area contributed by atoms with Gasteiger partial charge in [0.2, 0.25) is 0 Å². The fourth-order valence-electron chi connectivity index (χ4n) is 0.832. The number of nitrogens with two attached hydrogens (primary N) is 1. The van der Waals surface area contributed by atoms with Gasteiger partial charge in [0.15, 0.2) is 0 Å². The van der Waals surface area contributed by atoms with E-state index in [9.17, 15) is 0 Å². The number of aryl methyl sites for hydroxylation is 1. The molecule has 1 aromatic carbocycles. The number of hydrogen-bond acceptors (Lipinski definition) is 3. The Morgan fingerprint density at radius 2 is 1.92 bits per heavy atom. The van der Waals surface area contributed by atoms with E-state index < -0.39 is 0 Å². The molecule has 1 rings (SSSR count). The summed E-state index contributed by atoms with van der Waals surface area (Å²) in [5, 5.41) is 3.49. The summed E-state index contributed by atoms with van der Waals surface area (Å²) in [5.74, 6) is 5.06. The van der Waals surface area contributed by atoms with E-state index in [0.29, 0.717) is 5.71 Å². The molecule has 3 heteroatoms. The van der Waals surface area contributed by atoms with Crippen molar-refractivity contribution in [3.63, 3.8) is 0 Å². The predicted octanol–water partition coefficient (Wildman–Crippen LogP) is 2.03. The number of aliphatic imine (C=N–C) groups is 1. The van der Waals surface area contributed by atoms with E-state index in [0.717, 1.165) is 5.69 Å². The van der Waals surface area contributed by atoms with Crippen molar-refractivity contribution in [3.05, 3.63) is 29.8 Å². The first kappa shape index (κ1) is 9.45. The van der Waals surface area contributed by atoms with Crippen LogP contribution in [-0.2, 0) is 0 Å². The molecule has 0 aromatic heterocycles. The monoisotopic (exact) mass is 175 g/mol. The van der Waals surface area contributed by atoms with Crippen LogP contribution in [0.5, 0.6) is 0 Å². The molecule has 0 bridgehead atoms. The van der Waals surface area contributed by atoms with Crippen LogP contribution in [0.15, 0.2) is 34.4 Å². The second kappa shape index (κ2) is 4.40. The van der Waals surface area contributed by atoms with E-state index in [1.165, 1.54) is 5.56 Å². The first-order valence-electron chi connectivity index (χ1n) is 4.07. The van der Waals surface area contributed by atoms with Gasteiger partial charge in [0.25, 0.3) is 0 Å². The summed E-state index contributed by atoms with van der Waals surface area (Å²) in [5.41, 5.74) is 2.84. The summed E-state index contributed by atoms with van der Waals surface area (Å²) >= 11 is 0. The third-order valence-corrected chi connectivity index (χ3v) is 1.64. The fraction of sp³-hybridized carbons (Fsp3) is 0.200. The van der Waals surface area contributed by atoms with Gasteiger partial charge in [-0.1, -0.05) is 17.7 Å². The van der Waals surface area contributed by atoms with Gasteiger partial charge in [0, 0.05) is 0 Å². The molecule has 0 aliphatic heterocycles. The van der Waals surface area contributed by atoms with E-state index in [1.807, 2.05) is 31.2 Å². The standard InChI is InChI=1S/C10H13N3/c1-8-3-5-10(6-4-8)12-7-9(2)13-11/h3-7H,11H2,1-2H3/b12-7?,13-9-. The van der Waals surface area contributed by atoms with Gasteiger partial charge in [-0.15, -0.1) is 0 Å². The van der Waals surface area contributed by atoms with Crippen LogP contribution in [0.3, 0.4) is 0 Å². The van der Waals surface area contributed by atoms with Crippen molar-refractivity contribution in [2.24, 2.45) is 15.9 Å². The highest BCUT2D eigenvalue weighted by Crippen LogP contribution is 2.11. The maximum absolute atomic E-state index is 5.06. The van der Waals surface area contributed by atoms with Gasteiger partial charge in [-0.3, -0.25) is 4.99 Å². The molecule has 0 radical (unpaired) electrons. The van der Waals surface area contributed by atoms with Crippen molar-refractivity contribution in [2.75, 3.05) is 0 Å². The smallest absolute Gasteiger partial charge is 0.0752 e. The average Bonchev–Trinajstić information content (AvgIpc) is 2.16. The normalized spacial score (nSPS) is 12.3. The largest absolute Gasteiger partial charge is 0.323 e. The van der Waals surface area contributed by atoms with E-state index in [2.05, 4.69) is 10.1 Å². The molecule has 0 amide bonds. The van der Waals surface area contributed by atoms with Gasteiger partial charge in [0.05, 0.1) is 17.6 Å². The van der Waals surface area contributed by atoms with E-state index >= 15 is 0 Å². The minimum Gasteiger partial charge on any atom is -0.323 e. The van der Waals surface area contributed by atoms with Gasteiger partial charge >= 0.3 is 0 Å². The Morgan fingerprint density at radius 1 is 1.31 bits per heavy atom. The molecule has 1 aromatic rings. The van der Waals surface area contributed by atoms with Crippen LogP contribution >= 0.6 is 0 Å². The van der Waals surface area contributed by atoms with Crippen molar-refractivity contribution < 1.29 is 0 Å². The number of hydrogen-bond donors (Lipinski definition) is 1. The first-order valence-corrected chi connectivity index (χ1v) is 4.07. The van der Waals surface area contributed by atoms with Crippen LogP contribution in [0.25, 0.3) is 0 Å². The molecular formula is C10H13N3. The Labute approximate surface area is 78.0 Å².